The Morgan fingerprint density at radius 1 is 0.926 bits per heavy atom. The van der Waals surface area contributed by atoms with Crippen LogP contribution in [-0.4, -0.2) is 18.2 Å². The number of carboxylic acid groups (broad SMARTS) is 1. The van der Waals surface area contributed by atoms with Gasteiger partial charge in [0.1, 0.15) is 17.1 Å². The van der Waals surface area contributed by atoms with Gasteiger partial charge in [-0.15, -0.1) is 0 Å². The third-order valence-electron chi connectivity index (χ3n) is 3.66. The van der Waals surface area contributed by atoms with Crippen LogP contribution in [0.15, 0.2) is 94.9 Å². The number of carboxylic acids is 1. The van der Waals surface area contributed by atoms with Crippen LogP contribution in [0.2, 0.25) is 0 Å². The topological polar surface area (TPSA) is 55.8 Å². The minimum Gasteiger partial charge on any atom is -0.503 e. The molecule has 0 saturated carbocycles. The molecule has 136 valence electrons. The fourth-order valence-corrected chi connectivity index (χ4v) is 3.36. The predicted molar refractivity (Wildman–Crippen MR) is 106 cm³/mol. The van der Waals surface area contributed by atoms with Crippen molar-refractivity contribution in [3.05, 3.63) is 90.7 Å². The van der Waals surface area contributed by atoms with Gasteiger partial charge < -0.3 is 14.6 Å². The van der Waals surface area contributed by atoms with Crippen LogP contribution in [-0.2, 0) is 9.53 Å². The Hall–Kier alpha value is -3.18. The molecule has 0 heterocycles. The van der Waals surface area contributed by atoms with Crippen molar-refractivity contribution >= 4 is 23.3 Å². The first-order chi connectivity index (χ1) is 13.2. The zero-order valence-electron chi connectivity index (χ0n) is 14.7. The number of methoxy groups -OCH3 is 1. The molecule has 0 fully saturated rings. The first kappa shape index (κ1) is 18.6. The van der Waals surface area contributed by atoms with Crippen molar-refractivity contribution in [2.75, 3.05) is 7.11 Å². The summed E-state index contributed by atoms with van der Waals surface area (Å²) in [5.41, 5.74) is 0.482. The van der Waals surface area contributed by atoms with Crippen LogP contribution in [0.4, 0.5) is 0 Å². The number of rotatable bonds is 7. The van der Waals surface area contributed by atoms with E-state index >= 15 is 0 Å². The van der Waals surface area contributed by atoms with E-state index in [0.717, 1.165) is 9.79 Å². The van der Waals surface area contributed by atoms with E-state index in [-0.39, 0.29) is 5.57 Å². The van der Waals surface area contributed by atoms with Gasteiger partial charge in [-0.25, -0.2) is 4.79 Å². The average molecular weight is 378 g/mol. The standard InChI is InChI=1S/C22H18O4S/c1-25-15-20(22(23)24)19-12-5-6-13-21(19)26-16-8-7-11-18(14-16)27-17-9-3-2-4-10-17/h2-15H,1H3,(H,23,24). The Kier molecular flexibility index (Phi) is 6.18. The Morgan fingerprint density at radius 3 is 2.37 bits per heavy atom. The van der Waals surface area contributed by atoms with E-state index in [0.29, 0.717) is 17.1 Å². The molecule has 0 spiro atoms. The molecule has 0 aliphatic rings. The smallest absolute Gasteiger partial charge is 0.339 e. The number of aliphatic carboxylic acids is 1. The lowest BCUT2D eigenvalue weighted by Gasteiger charge is -2.12. The van der Waals surface area contributed by atoms with E-state index in [2.05, 4.69) is 0 Å². The van der Waals surface area contributed by atoms with E-state index in [1.165, 1.54) is 13.4 Å². The highest BCUT2D eigenvalue weighted by Gasteiger charge is 2.16. The second-order valence-corrected chi connectivity index (χ2v) is 6.71. The fraction of sp³-hybridized carbons (Fsp3) is 0.0455. The maximum atomic E-state index is 11.5. The zero-order chi connectivity index (χ0) is 19.1. The molecule has 5 heteroatoms. The molecule has 0 aromatic heterocycles. The monoisotopic (exact) mass is 378 g/mol. The summed E-state index contributed by atoms with van der Waals surface area (Å²) in [7, 11) is 1.41. The molecule has 0 amide bonds. The van der Waals surface area contributed by atoms with Crippen molar-refractivity contribution in [3.63, 3.8) is 0 Å². The molecule has 0 aliphatic heterocycles. The highest BCUT2D eigenvalue weighted by atomic mass is 32.2. The molecule has 3 aromatic rings. The van der Waals surface area contributed by atoms with Gasteiger partial charge in [-0.1, -0.05) is 54.2 Å². The van der Waals surface area contributed by atoms with E-state index in [4.69, 9.17) is 9.47 Å². The summed E-state index contributed by atoms with van der Waals surface area (Å²) < 4.78 is 10.9. The lowest BCUT2D eigenvalue weighted by molar-refractivity contribution is -0.130. The summed E-state index contributed by atoms with van der Waals surface area (Å²) in [6.45, 7) is 0. The number of hydrogen-bond acceptors (Lipinski definition) is 4. The largest absolute Gasteiger partial charge is 0.503 e. The second-order valence-electron chi connectivity index (χ2n) is 5.56. The van der Waals surface area contributed by atoms with E-state index in [1.807, 2.05) is 54.6 Å². The van der Waals surface area contributed by atoms with Crippen LogP contribution in [0.25, 0.3) is 5.57 Å². The second kappa shape index (κ2) is 8.96. The van der Waals surface area contributed by atoms with Crippen molar-refractivity contribution in [3.8, 4) is 11.5 Å². The van der Waals surface area contributed by atoms with Gasteiger partial charge in [0.05, 0.1) is 13.4 Å². The van der Waals surface area contributed by atoms with Gasteiger partial charge >= 0.3 is 5.97 Å². The maximum absolute atomic E-state index is 11.5. The highest BCUT2D eigenvalue weighted by Crippen LogP contribution is 2.34. The third kappa shape index (κ3) is 4.92. The van der Waals surface area contributed by atoms with Gasteiger partial charge in [0.2, 0.25) is 0 Å². The fourth-order valence-electron chi connectivity index (χ4n) is 2.48. The van der Waals surface area contributed by atoms with Gasteiger partial charge in [0.25, 0.3) is 0 Å². The SMILES string of the molecule is COC=C(C(=O)O)c1ccccc1Oc1cccc(Sc2ccccc2)c1. The van der Waals surface area contributed by atoms with Crippen molar-refractivity contribution in [2.45, 2.75) is 9.79 Å². The first-order valence-corrected chi connectivity index (χ1v) is 9.05. The molecule has 0 radical (unpaired) electrons. The van der Waals surface area contributed by atoms with Crippen molar-refractivity contribution in [2.24, 2.45) is 0 Å². The Morgan fingerprint density at radius 2 is 1.63 bits per heavy atom. The predicted octanol–water partition coefficient (Wildman–Crippen LogP) is 5.70. The number of benzene rings is 3. The van der Waals surface area contributed by atoms with Crippen LogP contribution in [0.5, 0.6) is 11.5 Å². The summed E-state index contributed by atoms with van der Waals surface area (Å²) >= 11 is 1.63. The van der Waals surface area contributed by atoms with Crippen LogP contribution < -0.4 is 4.74 Å². The number of ether oxygens (including phenoxy) is 2. The molecule has 0 bridgehead atoms. The summed E-state index contributed by atoms with van der Waals surface area (Å²) in [6.07, 6.45) is 1.20. The van der Waals surface area contributed by atoms with Gasteiger partial charge in [-0.05, 0) is 36.4 Å². The third-order valence-corrected chi connectivity index (χ3v) is 4.65. The van der Waals surface area contributed by atoms with Gasteiger partial charge in [0.15, 0.2) is 0 Å². The average Bonchev–Trinajstić information content (AvgIpc) is 2.68. The molecular weight excluding hydrogens is 360 g/mol. The number of para-hydroxylation sites is 1. The van der Waals surface area contributed by atoms with Gasteiger partial charge in [-0.2, -0.15) is 0 Å². The van der Waals surface area contributed by atoms with E-state index in [9.17, 15) is 9.90 Å². The molecule has 0 saturated heterocycles. The van der Waals surface area contributed by atoms with Crippen molar-refractivity contribution in [1.29, 1.82) is 0 Å². The quantitative estimate of drug-likeness (QED) is 0.422. The Labute approximate surface area is 162 Å². The van der Waals surface area contributed by atoms with Gasteiger partial charge in [0, 0.05) is 15.4 Å². The summed E-state index contributed by atoms with van der Waals surface area (Å²) in [5.74, 6) is -0.00289. The summed E-state index contributed by atoms with van der Waals surface area (Å²) in [6, 6.07) is 24.7. The Balaban J connectivity index is 1.87. The molecule has 0 atom stereocenters. The zero-order valence-corrected chi connectivity index (χ0v) is 15.5. The van der Waals surface area contributed by atoms with Crippen LogP contribution in [0.1, 0.15) is 5.56 Å². The molecule has 0 unspecified atom stereocenters. The van der Waals surface area contributed by atoms with Gasteiger partial charge in [-0.3, -0.25) is 0 Å². The highest BCUT2D eigenvalue weighted by molar-refractivity contribution is 7.99. The molecule has 4 nitrogen and oxygen atoms in total. The number of hydrogen-bond donors (Lipinski definition) is 1. The first-order valence-electron chi connectivity index (χ1n) is 8.24. The molecule has 27 heavy (non-hydrogen) atoms. The lowest BCUT2D eigenvalue weighted by atomic mass is 10.1. The minimum absolute atomic E-state index is 0.0305. The van der Waals surface area contributed by atoms with Crippen LogP contribution in [0.3, 0.4) is 0 Å². The van der Waals surface area contributed by atoms with E-state index in [1.54, 1.807) is 36.0 Å². The summed E-state index contributed by atoms with van der Waals surface area (Å²) in [5, 5.41) is 9.45. The van der Waals surface area contributed by atoms with E-state index < -0.39 is 5.97 Å². The molecular formula is C22H18O4S. The summed E-state index contributed by atoms with van der Waals surface area (Å²) in [4.78, 5) is 13.7. The molecule has 0 aliphatic carbocycles. The Bertz CT molecular complexity index is 951. The minimum atomic E-state index is -1.08. The van der Waals surface area contributed by atoms with Crippen molar-refractivity contribution in [1.82, 2.24) is 0 Å². The molecule has 3 rings (SSSR count). The molecule has 3 aromatic carbocycles. The number of carbonyl (C=O) groups is 1. The maximum Gasteiger partial charge on any atom is 0.339 e. The van der Waals surface area contributed by atoms with Crippen LogP contribution >= 0.6 is 11.8 Å². The van der Waals surface area contributed by atoms with Crippen molar-refractivity contribution < 1.29 is 19.4 Å². The van der Waals surface area contributed by atoms with Crippen LogP contribution in [0, 0.1) is 0 Å². The normalized spacial score (nSPS) is 11.1. The molecule has 1 N–H and O–H groups in total. The lowest BCUT2D eigenvalue weighted by Crippen LogP contribution is -2.02.